The number of pyridine rings is 1. The molecule has 0 atom stereocenters. The molecule has 60 heavy (non-hydrogen) atoms. The monoisotopic (exact) mass is 763 g/mol. The molecule has 0 radical (unpaired) electrons. The molecule has 0 aliphatic rings. The third-order valence-electron chi connectivity index (χ3n) is 11.5. The summed E-state index contributed by atoms with van der Waals surface area (Å²) in [6.07, 6.45) is 1.84. The van der Waals surface area contributed by atoms with E-state index in [9.17, 15) is 0 Å². The van der Waals surface area contributed by atoms with Gasteiger partial charge in [-0.05, 0) is 115 Å². The van der Waals surface area contributed by atoms with Crippen LogP contribution in [0.2, 0.25) is 0 Å². The minimum atomic E-state index is 0.676. The van der Waals surface area contributed by atoms with E-state index in [-0.39, 0.29) is 0 Å². The van der Waals surface area contributed by atoms with Crippen molar-refractivity contribution in [3.8, 4) is 78.4 Å². The lowest BCUT2D eigenvalue weighted by molar-refractivity contribution is 1.23. The van der Waals surface area contributed by atoms with Gasteiger partial charge in [0, 0.05) is 28.3 Å². The van der Waals surface area contributed by atoms with Gasteiger partial charge in [0.05, 0.1) is 16.9 Å². The highest BCUT2D eigenvalue weighted by Gasteiger charge is 2.18. The van der Waals surface area contributed by atoms with Gasteiger partial charge in [0.2, 0.25) is 0 Å². The minimum Gasteiger partial charge on any atom is -0.256 e. The Morgan fingerprint density at radius 2 is 0.800 bits per heavy atom. The van der Waals surface area contributed by atoms with Crippen LogP contribution in [0.3, 0.4) is 0 Å². The van der Waals surface area contributed by atoms with Crippen LogP contribution in [0.5, 0.6) is 0 Å². The zero-order chi connectivity index (χ0) is 39.8. The molecule has 280 valence electrons. The number of hydrogen-bond donors (Lipinski definition) is 0. The smallest absolute Gasteiger partial charge is 0.160 e. The van der Waals surface area contributed by atoms with Crippen LogP contribution in [0, 0.1) is 0 Å². The third-order valence-corrected chi connectivity index (χ3v) is 11.5. The highest BCUT2D eigenvalue weighted by atomic mass is 14.9. The van der Waals surface area contributed by atoms with Crippen molar-refractivity contribution in [1.29, 1.82) is 0 Å². The van der Waals surface area contributed by atoms with E-state index in [1.54, 1.807) is 0 Å². The van der Waals surface area contributed by atoms with E-state index in [2.05, 4.69) is 205 Å². The lowest BCUT2D eigenvalue weighted by Crippen LogP contribution is -1.97. The number of aromatic nitrogens is 3. The standard InChI is InChI=1S/C57H37N3/c1-3-13-38(14-4-1)40-24-28-43(29-25-40)56-52-37-44(39-15-5-2-6-16-39)30-31-54(52)59-57(60-56)49-35-47(41-22-26-42(27-23-41)53-21-11-12-32-58-53)34-48(36-49)55-50-19-9-7-17-45(50)33-46-18-8-10-20-51(46)55/h1-37H. The number of rotatable bonds is 7. The molecular weight excluding hydrogens is 727 g/mol. The lowest BCUT2D eigenvalue weighted by atomic mass is 9.89. The maximum absolute atomic E-state index is 5.51. The number of fused-ring (bicyclic) bond motifs is 3. The summed E-state index contributed by atoms with van der Waals surface area (Å²) in [6, 6.07) is 77.6. The quantitative estimate of drug-likeness (QED) is 0.152. The average molecular weight is 764 g/mol. The Labute approximate surface area is 349 Å². The van der Waals surface area contributed by atoms with Crippen molar-refractivity contribution in [3.63, 3.8) is 0 Å². The van der Waals surface area contributed by atoms with Crippen molar-refractivity contribution in [2.45, 2.75) is 0 Å². The van der Waals surface area contributed by atoms with E-state index in [1.807, 2.05) is 24.4 Å². The van der Waals surface area contributed by atoms with Gasteiger partial charge in [0.15, 0.2) is 5.82 Å². The van der Waals surface area contributed by atoms with Crippen LogP contribution >= 0.6 is 0 Å². The first-order chi connectivity index (χ1) is 29.7. The van der Waals surface area contributed by atoms with E-state index in [1.165, 1.54) is 32.7 Å². The van der Waals surface area contributed by atoms with Crippen LogP contribution in [-0.2, 0) is 0 Å². The molecule has 11 aromatic rings. The summed E-state index contributed by atoms with van der Waals surface area (Å²) >= 11 is 0. The van der Waals surface area contributed by atoms with Crippen LogP contribution in [0.1, 0.15) is 0 Å². The molecule has 2 heterocycles. The number of hydrogen-bond acceptors (Lipinski definition) is 3. The molecule has 3 heteroatoms. The average Bonchev–Trinajstić information content (AvgIpc) is 3.33. The van der Waals surface area contributed by atoms with Gasteiger partial charge in [-0.3, -0.25) is 4.98 Å². The number of nitrogens with zero attached hydrogens (tertiary/aromatic N) is 3. The lowest BCUT2D eigenvalue weighted by Gasteiger charge is -2.16. The predicted molar refractivity (Wildman–Crippen MR) is 250 cm³/mol. The largest absolute Gasteiger partial charge is 0.256 e. The molecule has 0 N–H and O–H groups in total. The van der Waals surface area contributed by atoms with Crippen molar-refractivity contribution in [2.75, 3.05) is 0 Å². The molecule has 0 saturated heterocycles. The van der Waals surface area contributed by atoms with Gasteiger partial charge in [0.25, 0.3) is 0 Å². The van der Waals surface area contributed by atoms with Gasteiger partial charge >= 0.3 is 0 Å². The van der Waals surface area contributed by atoms with Gasteiger partial charge in [0.1, 0.15) is 0 Å². The Morgan fingerprint density at radius 1 is 0.283 bits per heavy atom. The molecule has 9 aromatic carbocycles. The Kier molecular flexibility index (Phi) is 8.83. The molecule has 0 aliphatic heterocycles. The summed E-state index contributed by atoms with van der Waals surface area (Å²) in [5, 5.41) is 5.83. The molecule has 0 saturated carbocycles. The maximum Gasteiger partial charge on any atom is 0.160 e. The van der Waals surface area contributed by atoms with Gasteiger partial charge in [-0.15, -0.1) is 0 Å². The fourth-order valence-corrected chi connectivity index (χ4v) is 8.50. The molecule has 11 rings (SSSR count). The molecular formula is C57H37N3. The molecule has 0 amide bonds. The van der Waals surface area contributed by atoms with Crippen molar-refractivity contribution < 1.29 is 0 Å². The Hall–Kier alpha value is -8.01. The van der Waals surface area contributed by atoms with Crippen LogP contribution in [0.15, 0.2) is 225 Å². The van der Waals surface area contributed by atoms with Crippen molar-refractivity contribution in [1.82, 2.24) is 15.0 Å². The Bertz CT molecular complexity index is 3270. The van der Waals surface area contributed by atoms with E-state index in [0.717, 1.165) is 72.4 Å². The predicted octanol–water partition coefficient (Wildman–Crippen LogP) is 15.0. The van der Waals surface area contributed by atoms with Crippen LogP contribution in [0.4, 0.5) is 0 Å². The molecule has 0 bridgehead atoms. The van der Waals surface area contributed by atoms with E-state index >= 15 is 0 Å². The molecule has 0 fully saturated rings. The summed E-state index contributed by atoms with van der Waals surface area (Å²) in [7, 11) is 0. The Balaban J connectivity index is 1.14. The molecule has 0 spiro atoms. The van der Waals surface area contributed by atoms with Gasteiger partial charge < -0.3 is 0 Å². The fraction of sp³-hybridized carbons (Fsp3) is 0. The van der Waals surface area contributed by atoms with Crippen molar-refractivity contribution in [3.05, 3.63) is 225 Å². The summed E-state index contributed by atoms with van der Waals surface area (Å²) in [5.74, 6) is 0.676. The molecule has 0 aliphatic carbocycles. The normalized spacial score (nSPS) is 11.3. The SMILES string of the molecule is c1ccc(-c2ccc(-c3nc(-c4cc(-c5ccc(-c6ccccn6)cc5)cc(-c5c6ccccc6cc6ccccc56)c4)nc4ccc(-c5ccccc5)cc34)cc2)cc1. The van der Waals surface area contributed by atoms with Gasteiger partial charge in [-0.25, -0.2) is 9.97 Å². The number of benzene rings is 9. The van der Waals surface area contributed by atoms with Crippen LogP contribution in [-0.4, -0.2) is 15.0 Å². The van der Waals surface area contributed by atoms with Crippen LogP contribution in [0.25, 0.3) is 111 Å². The first kappa shape index (κ1) is 35.2. The molecule has 3 nitrogen and oxygen atoms in total. The first-order valence-corrected chi connectivity index (χ1v) is 20.3. The zero-order valence-electron chi connectivity index (χ0n) is 32.7. The summed E-state index contributed by atoms with van der Waals surface area (Å²) < 4.78 is 0. The second-order valence-corrected chi connectivity index (χ2v) is 15.2. The van der Waals surface area contributed by atoms with E-state index in [4.69, 9.17) is 9.97 Å². The second kappa shape index (κ2) is 15.1. The van der Waals surface area contributed by atoms with Crippen molar-refractivity contribution in [2.24, 2.45) is 0 Å². The maximum atomic E-state index is 5.51. The molecule has 2 aromatic heterocycles. The summed E-state index contributed by atoms with van der Waals surface area (Å²) in [6.45, 7) is 0. The molecule has 0 unspecified atom stereocenters. The van der Waals surface area contributed by atoms with Crippen LogP contribution < -0.4 is 0 Å². The van der Waals surface area contributed by atoms with Gasteiger partial charge in [-0.1, -0.05) is 170 Å². The highest BCUT2D eigenvalue weighted by Crippen LogP contribution is 2.41. The Morgan fingerprint density at radius 3 is 1.47 bits per heavy atom. The first-order valence-electron chi connectivity index (χ1n) is 20.3. The van der Waals surface area contributed by atoms with E-state index in [0.29, 0.717) is 5.82 Å². The second-order valence-electron chi connectivity index (χ2n) is 15.2. The minimum absolute atomic E-state index is 0.676. The summed E-state index contributed by atoms with van der Waals surface area (Å²) in [5.41, 5.74) is 14.9. The van der Waals surface area contributed by atoms with E-state index < -0.39 is 0 Å². The van der Waals surface area contributed by atoms with Gasteiger partial charge in [-0.2, -0.15) is 0 Å². The van der Waals surface area contributed by atoms with Crippen molar-refractivity contribution >= 4 is 32.4 Å². The highest BCUT2D eigenvalue weighted by molar-refractivity contribution is 6.13. The third kappa shape index (κ3) is 6.58. The zero-order valence-corrected chi connectivity index (χ0v) is 32.7. The summed E-state index contributed by atoms with van der Waals surface area (Å²) in [4.78, 5) is 15.5. The topological polar surface area (TPSA) is 38.7 Å². The fourth-order valence-electron chi connectivity index (χ4n) is 8.50.